The zero-order chi connectivity index (χ0) is 9.73. The van der Waals surface area contributed by atoms with Crippen LogP contribution < -0.4 is 0 Å². The van der Waals surface area contributed by atoms with Gasteiger partial charge in [0.05, 0.1) is 18.1 Å². The summed E-state index contributed by atoms with van der Waals surface area (Å²) in [7, 11) is -2.73. The smallest absolute Gasteiger partial charge is 0.152 e. The van der Waals surface area contributed by atoms with Gasteiger partial charge in [-0.05, 0) is 6.92 Å². The van der Waals surface area contributed by atoms with E-state index in [0.29, 0.717) is 31.2 Å². The molecule has 0 atom stereocenters. The maximum absolute atomic E-state index is 11.1. The Labute approximate surface area is 79.8 Å². The highest BCUT2D eigenvalue weighted by Gasteiger charge is 2.20. The standard InChI is InChI=1S/C8H17NO3S/c1-2-12-6-3-9-4-7-13(10,11)8-5-9/h2-8H2,1H3. The van der Waals surface area contributed by atoms with Gasteiger partial charge in [0.25, 0.3) is 0 Å². The number of rotatable bonds is 4. The van der Waals surface area contributed by atoms with Crippen molar-refractivity contribution in [3.63, 3.8) is 0 Å². The van der Waals surface area contributed by atoms with Gasteiger partial charge in [0.15, 0.2) is 9.84 Å². The molecule has 4 nitrogen and oxygen atoms in total. The molecule has 78 valence electrons. The van der Waals surface area contributed by atoms with Gasteiger partial charge in [-0.25, -0.2) is 8.42 Å². The molecule has 0 bridgehead atoms. The van der Waals surface area contributed by atoms with Crippen LogP contribution in [0.2, 0.25) is 0 Å². The zero-order valence-corrected chi connectivity index (χ0v) is 8.85. The highest BCUT2D eigenvalue weighted by atomic mass is 32.2. The van der Waals surface area contributed by atoms with E-state index in [1.54, 1.807) is 0 Å². The average molecular weight is 207 g/mol. The van der Waals surface area contributed by atoms with E-state index < -0.39 is 9.84 Å². The van der Waals surface area contributed by atoms with Crippen LogP contribution in [0.3, 0.4) is 0 Å². The molecule has 1 aliphatic heterocycles. The predicted molar refractivity (Wildman–Crippen MR) is 51.6 cm³/mol. The molecular formula is C8H17NO3S. The van der Waals surface area contributed by atoms with Gasteiger partial charge in [0.1, 0.15) is 0 Å². The summed E-state index contributed by atoms with van der Waals surface area (Å²) in [6.45, 7) is 5.57. The van der Waals surface area contributed by atoms with Crippen LogP contribution in [0.5, 0.6) is 0 Å². The number of hydrogen-bond acceptors (Lipinski definition) is 4. The molecule has 0 aromatic heterocycles. The maximum Gasteiger partial charge on any atom is 0.152 e. The van der Waals surface area contributed by atoms with E-state index in [-0.39, 0.29) is 0 Å². The Hall–Kier alpha value is -0.130. The molecule has 5 heteroatoms. The molecule has 0 aliphatic carbocycles. The third-order valence-electron chi connectivity index (χ3n) is 2.19. The normalized spacial score (nSPS) is 23.2. The summed E-state index contributed by atoms with van der Waals surface area (Å²) in [5.41, 5.74) is 0. The fraction of sp³-hybridized carbons (Fsp3) is 1.00. The van der Waals surface area contributed by atoms with Crippen molar-refractivity contribution in [2.24, 2.45) is 0 Å². The first kappa shape index (κ1) is 10.9. The first-order valence-corrected chi connectivity index (χ1v) is 6.47. The highest BCUT2D eigenvalue weighted by molar-refractivity contribution is 7.91. The minimum atomic E-state index is -2.73. The van der Waals surface area contributed by atoms with Crippen molar-refractivity contribution >= 4 is 9.84 Å². The number of sulfone groups is 1. The van der Waals surface area contributed by atoms with Crippen molar-refractivity contribution in [2.45, 2.75) is 6.92 Å². The Morgan fingerprint density at radius 1 is 1.31 bits per heavy atom. The van der Waals surface area contributed by atoms with Crippen molar-refractivity contribution < 1.29 is 13.2 Å². The molecule has 1 heterocycles. The van der Waals surface area contributed by atoms with Crippen LogP contribution in [-0.4, -0.2) is 57.7 Å². The summed E-state index contributed by atoms with van der Waals surface area (Å²) < 4.78 is 27.3. The van der Waals surface area contributed by atoms with Gasteiger partial charge in [-0.15, -0.1) is 0 Å². The van der Waals surface area contributed by atoms with Gasteiger partial charge in [0.2, 0.25) is 0 Å². The monoisotopic (exact) mass is 207 g/mol. The van der Waals surface area contributed by atoms with Gasteiger partial charge in [0, 0.05) is 26.2 Å². The molecular weight excluding hydrogens is 190 g/mol. The van der Waals surface area contributed by atoms with Gasteiger partial charge in [-0.2, -0.15) is 0 Å². The molecule has 0 N–H and O–H groups in total. The van der Waals surface area contributed by atoms with E-state index in [1.807, 2.05) is 6.92 Å². The lowest BCUT2D eigenvalue weighted by Crippen LogP contribution is -2.41. The minimum absolute atomic E-state index is 0.305. The zero-order valence-electron chi connectivity index (χ0n) is 8.03. The Balaban J connectivity index is 2.18. The first-order chi connectivity index (χ1) is 6.14. The molecule has 0 aromatic carbocycles. The van der Waals surface area contributed by atoms with Crippen LogP contribution >= 0.6 is 0 Å². The summed E-state index contributed by atoms with van der Waals surface area (Å²) in [6, 6.07) is 0. The van der Waals surface area contributed by atoms with Gasteiger partial charge >= 0.3 is 0 Å². The summed E-state index contributed by atoms with van der Waals surface area (Å²) in [6.07, 6.45) is 0. The van der Waals surface area contributed by atoms with Crippen LogP contribution in [0, 0.1) is 0 Å². The van der Waals surface area contributed by atoms with Crippen LogP contribution in [-0.2, 0) is 14.6 Å². The number of nitrogens with zero attached hydrogens (tertiary/aromatic N) is 1. The molecule has 0 spiro atoms. The highest BCUT2D eigenvalue weighted by Crippen LogP contribution is 2.02. The third-order valence-corrected chi connectivity index (χ3v) is 3.80. The van der Waals surface area contributed by atoms with Crippen LogP contribution in [0.4, 0.5) is 0 Å². The van der Waals surface area contributed by atoms with Gasteiger partial charge in [-0.1, -0.05) is 0 Å². The largest absolute Gasteiger partial charge is 0.380 e. The van der Waals surface area contributed by atoms with Crippen molar-refractivity contribution in [3.05, 3.63) is 0 Å². The summed E-state index contributed by atoms with van der Waals surface area (Å²) >= 11 is 0. The topological polar surface area (TPSA) is 46.6 Å². The van der Waals surface area contributed by atoms with E-state index >= 15 is 0 Å². The van der Waals surface area contributed by atoms with E-state index in [2.05, 4.69) is 4.90 Å². The molecule has 0 radical (unpaired) electrons. The molecule has 1 aliphatic rings. The van der Waals surface area contributed by atoms with Gasteiger partial charge in [-0.3, -0.25) is 4.90 Å². The van der Waals surface area contributed by atoms with Crippen LogP contribution in [0.15, 0.2) is 0 Å². The maximum atomic E-state index is 11.1. The molecule has 1 rings (SSSR count). The fourth-order valence-electron chi connectivity index (χ4n) is 1.31. The number of ether oxygens (including phenoxy) is 1. The SMILES string of the molecule is CCOCCN1CCS(=O)(=O)CC1. The average Bonchev–Trinajstić information content (AvgIpc) is 2.08. The van der Waals surface area contributed by atoms with E-state index in [0.717, 1.165) is 13.2 Å². The molecule has 0 saturated carbocycles. The van der Waals surface area contributed by atoms with E-state index in [1.165, 1.54) is 0 Å². The second kappa shape index (κ2) is 4.93. The lowest BCUT2D eigenvalue weighted by molar-refractivity contribution is 0.116. The van der Waals surface area contributed by atoms with E-state index in [4.69, 9.17) is 4.74 Å². The lowest BCUT2D eigenvalue weighted by Gasteiger charge is -2.26. The Morgan fingerprint density at radius 2 is 1.92 bits per heavy atom. The Morgan fingerprint density at radius 3 is 2.46 bits per heavy atom. The minimum Gasteiger partial charge on any atom is -0.380 e. The van der Waals surface area contributed by atoms with Gasteiger partial charge < -0.3 is 4.74 Å². The molecule has 0 unspecified atom stereocenters. The Kier molecular flexibility index (Phi) is 4.15. The van der Waals surface area contributed by atoms with Crippen molar-refractivity contribution in [3.8, 4) is 0 Å². The quantitative estimate of drug-likeness (QED) is 0.597. The van der Waals surface area contributed by atoms with Crippen molar-refractivity contribution in [1.82, 2.24) is 4.90 Å². The first-order valence-electron chi connectivity index (χ1n) is 4.64. The van der Waals surface area contributed by atoms with E-state index in [9.17, 15) is 8.42 Å². The molecule has 1 fully saturated rings. The Bertz CT molecular complexity index is 224. The lowest BCUT2D eigenvalue weighted by atomic mass is 10.5. The summed E-state index contributed by atoms with van der Waals surface area (Å²) in [5, 5.41) is 0. The second-order valence-corrected chi connectivity index (χ2v) is 5.49. The number of hydrogen-bond donors (Lipinski definition) is 0. The predicted octanol–water partition coefficient (Wildman–Crippen LogP) is -0.247. The molecule has 0 amide bonds. The molecule has 0 aromatic rings. The summed E-state index contributed by atoms with van der Waals surface area (Å²) in [5.74, 6) is 0.609. The molecule has 13 heavy (non-hydrogen) atoms. The van der Waals surface area contributed by atoms with Crippen molar-refractivity contribution in [2.75, 3.05) is 44.4 Å². The van der Waals surface area contributed by atoms with Crippen molar-refractivity contribution in [1.29, 1.82) is 0 Å². The van der Waals surface area contributed by atoms with Crippen LogP contribution in [0.1, 0.15) is 6.92 Å². The summed E-state index contributed by atoms with van der Waals surface area (Å²) in [4.78, 5) is 2.14. The fourth-order valence-corrected chi connectivity index (χ4v) is 2.59. The van der Waals surface area contributed by atoms with Crippen LogP contribution in [0.25, 0.3) is 0 Å². The second-order valence-electron chi connectivity index (χ2n) is 3.19. The third kappa shape index (κ3) is 4.06. The molecule has 1 saturated heterocycles.